The minimum absolute atomic E-state index is 0.0559. The van der Waals surface area contributed by atoms with Gasteiger partial charge < -0.3 is 15.4 Å². The van der Waals surface area contributed by atoms with Crippen molar-refractivity contribution in [2.45, 2.75) is 71.6 Å². The molecule has 1 aliphatic heterocycles. The number of carbonyl (C=O) groups excluding carboxylic acids is 2. The summed E-state index contributed by atoms with van der Waals surface area (Å²) >= 11 is 0. The Morgan fingerprint density at radius 1 is 1.24 bits per heavy atom. The third-order valence-corrected chi connectivity index (χ3v) is 5.23. The molecule has 25 heavy (non-hydrogen) atoms. The third kappa shape index (κ3) is 5.33. The lowest BCUT2D eigenvalue weighted by molar-refractivity contribution is -0.127. The van der Waals surface area contributed by atoms with E-state index in [-0.39, 0.29) is 11.9 Å². The fourth-order valence-electron chi connectivity index (χ4n) is 3.95. The van der Waals surface area contributed by atoms with Crippen LogP contribution in [0.4, 0.5) is 4.79 Å². The van der Waals surface area contributed by atoms with Gasteiger partial charge in [-0.3, -0.25) is 9.69 Å². The molecule has 2 amide bonds. The molecule has 1 saturated carbocycles. The highest BCUT2D eigenvalue weighted by atomic mass is 16.6. The maximum Gasteiger partial charge on any atom is 0.410 e. The van der Waals surface area contributed by atoms with Gasteiger partial charge in [0.05, 0.1) is 0 Å². The van der Waals surface area contributed by atoms with Gasteiger partial charge in [-0.25, -0.2) is 4.79 Å². The van der Waals surface area contributed by atoms with Crippen molar-refractivity contribution in [3.63, 3.8) is 0 Å². The van der Waals surface area contributed by atoms with Crippen LogP contribution in [0.2, 0.25) is 0 Å². The minimum Gasteiger partial charge on any atom is -0.444 e. The monoisotopic (exact) mass is 353 g/mol. The smallest absolute Gasteiger partial charge is 0.410 e. The van der Waals surface area contributed by atoms with E-state index < -0.39 is 17.7 Å². The van der Waals surface area contributed by atoms with Gasteiger partial charge in [0.1, 0.15) is 11.6 Å². The van der Waals surface area contributed by atoms with Gasteiger partial charge in [0.15, 0.2) is 0 Å². The van der Waals surface area contributed by atoms with E-state index in [2.05, 4.69) is 24.5 Å². The normalized spacial score (nSPS) is 27.1. The summed E-state index contributed by atoms with van der Waals surface area (Å²) in [5, 5.41) is 6.65. The van der Waals surface area contributed by atoms with Gasteiger partial charge in [0.25, 0.3) is 0 Å². The first-order valence-electron chi connectivity index (χ1n) is 9.55. The van der Waals surface area contributed by atoms with Crippen LogP contribution in [0.3, 0.4) is 0 Å². The lowest BCUT2D eigenvalue weighted by Gasteiger charge is -2.32. The largest absolute Gasteiger partial charge is 0.444 e. The van der Waals surface area contributed by atoms with Crippen LogP contribution in [0.25, 0.3) is 0 Å². The van der Waals surface area contributed by atoms with Crippen molar-refractivity contribution in [2.24, 2.45) is 17.8 Å². The summed E-state index contributed by atoms with van der Waals surface area (Å²) in [5.74, 6) is 1.46. The SMILES string of the molecule is CC(C)C[C@@H](C(=O)N[C@H]1CC[C@@H]2CNC[C@@H]21)N(C)C(=O)OC(C)(C)C. The number of ether oxygens (including phenoxy) is 1. The lowest BCUT2D eigenvalue weighted by Crippen LogP contribution is -2.52. The molecule has 144 valence electrons. The Morgan fingerprint density at radius 2 is 1.92 bits per heavy atom. The summed E-state index contributed by atoms with van der Waals surface area (Å²) in [6.07, 6.45) is 2.38. The molecule has 2 aliphatic rings. The van der Waals surface area contributed by atoms with Crippen molar-refractivity contribution in [1.82, 2.24) is 15.5 Å². The predicted molar refractivity (Wildman–Crippen MR) is 98.3 cm³/mol. The van der Waals surface area contributed by atoms with Gasteiger partial charge >= 0.3 is 6.09 Å². The van der Waals surface area contributed by atoms with Crippen LogP contribution in [0, 0.1) is 17.8 Å². The fraction of sp³-hybridized carbons (Fsp3) is 0.895. The summed E-state index contributed by atoms with van der Waals surface area (Å²) in [7, 11) is 1.66. The average Bonchev–Trinajstić information content (AvgIpc) is 3.07. The Morgan fingerprint density at radius 3 is 2.52 bits per heavy atom. The van der Waals surface area contributed by atoms with E-state index in [0.717, 1.165) is 19.5 Å². The third-order valence-electron chi connectivity index (χ3n) is 5.23. The maximum absolute atomic E-state index is 13.0. The molecular weight excluding hydrogens is 318 g/mol. The van der Waals surface area contributed by atoms with Crippen molar-refractivity contribution in [3.8, 4) is 0 Å². The molecule has 0 radical (unpaired) electrons. The topological polar surface area (TPSA) is 70.7 Å². The van der Waals surface area contributed by atoms with Crippen molar-refractivity contribution >= 4 is 12.0 Å². The second kappa shape index (κ2) is 7.94. The number of nitrogens with zero attached hydrogens (tertiary/aromatic N) is 1. The first kappa shape index (κ1) is 20.0. The van der Waals surface area contributed by atoms with E-state index >= 15 is 0 Å². The average molecular weight is 354 g/mol. The van der Waals surface area contributed by atoms with Gasteiger partial charge in [-0.1, -0.05) is 13.8 Å². The van der Waals surface area contributed by atoms with Crippen molar-refractivity contribution in [1.29, 1.82) is 0 Å². The number of hydrogen-bond donors (Lipinski definition) is 2. The molecule has 2 fully saturated rings. The number of fused-ring (bicyclic) bond motifs is 1. The molecule has 0 unspecified atom stereocenters. The Kier molecular flexibility index (Phi) is 6.35. The highest BCUT2D eigenvalue weighted by molar-refractivity contribution is 5.86. The van der Waals surface area contributed by atoms with Crippen LogP contribution >= 0.6 is 0 Å². The first-order chi connectivity index (χ1) is 11.6. The van der Waals surface area contributed by atoms with Crippen molar-refractivity contribution in [2.75, 3.05) is 20.1 Å². The second-order valence-corrected chi connectivity index (χ2v) is 9.01. The number of rotatable bonds is 5. The maximum atomic E-state index is 13.0. The van der Waals surface area contributed by atoms with E-state index in [1.807, 2.05) is 20.8 Å². The number of amides is 2. The number of hydrogen-bond acceptors (Lipinski definition) is 4. The van der Waals surface area contributed by atoms with Crippen LogP contribution < -0.4 is 10.6 Å². The molecule has 1 heterocycles. The Hall–Kier alpha value is -1.30. The molecule has 2 rings (SSSR count). The zero-order chi connectivity index (χ0) is 18.8. The molecule has 1 saturated heterocycles. The molecule has 2 N–H and O–H groups in total. The summed E-state index contributed by atoms with van der Waals surface area (Å²) in [5.41, 5.74) is -0.571. The van der Waals surface area contributed by atoms with E-state index in [1.54, 1.807) is 7.05 Å². The summed E-state index contributed by atoms with van der Waals surface area (Å²) in [4.78, 5) is 26.8. The number of likely N-dealkylation sites (N-methyl/N-ethyl adjacent to an activating group) is 1. The molecule has 1 aliphatic carbocycles. The Labute approximate surface area is 152 Å². The van der Waals surface area contributed by atoms with Crippen LogP contribution in [0.5, 0.6) is 0 Å². The van der Waals surface area contributed by atoms with E-state index in [4.69, 9.17) is 4.74 Å². The van der Waals surface area contributed by atoms with Gasteiger partial charge in [-0.15, -0.1) is 0 Å². The van der Waals surface area contributed by atoms with Gasteiger partial charge in [-0.2, -0.15) is 0 Å². The molecule has 6 heteroatoms. The molecule has 0 aromatic carbocycles. The molecular formula is C19H35N3O3. The van der Waals surface area contributed by atoms with E-state index in [9.17, 15) is 9.59 Å². The van der Waals surface area contributed by atoms with Gasteiger partial charge in [0, 0.05) is 19.6 Å². The quantitative estimate of drug-likeness (QED) is 0.796. The Bertz CT molecular complexity index is 487. The standard InChI is InChI=1S/C19H35N3O3/c1-12(2)9-16(22(6)18(24)25-19(3,4)5)17(23)21-15-8-7-13-10-20-11-14(13)15/h12-16,20H,7-11H2,1-6H3,(H,21,23)/t13-,14+,15+,16+/m1/s1. The predicted octanol–water partition coefficient (Wildman–Crippen LogP) is 2.38. The molecule has 4 atom stereocenters. The van der Waals surface area contributed by atoms with E-state index in [0.29, 0.717) is 24.2 Å². The molecule has 0 spiro atoms. The summed E-state index contributed by atoms with van der Waals surface area (Å²) < 4.78 is 5.45. The minimum atomic E-state index is -0.571. The number of carbonyl (C=O) groups is 2. The second-order valence-electron chi connectivity index (χ2n) is 9.01. The van der Waals surface area contributed by atoms with Crippen molar-refractivity contribution in [3.05, 3.63) is 0 Å². The molecule has 6 nitrogen and oxygen atoms in total. The lowest BCUT2D eigenvalue weighted by atomic mass is 9.96. The molecule has 0 aromatic rings. The van der Waals surface area contributed by atoms with Crippen LogP contribution in [0.1, 0.15) is 53.9 Å². The highest BCUT2D eigenvalue weighted by Gasteiger charge is 2.41. The first-order valence-corrected chi connectivity index (χ1v) is 9.55. The van der Waals surface area contributed by atoms with Crippen LogP contribution in [0.15, 0.2) is 0 Å². The fourth-order valence-corrected chi connectivity index (χ4v) is 3.95. The number of nitrogens with one attached hydrogen (secondary N) is 2. The zero-order valence-corrected chi connectivity index (χ0v) is 16.6. The van der Waals surface area contributed by atoms with Crippen LogP contribution in [-0.4, -0.2) is 54.7 Å². The van der Waals surface area contributed by atoms with E-state index in [1.165, 1.54) is 11.3 Å². The van der Waals surface area contributed by atoms with Crippen LogP contribution in [-0.2, 0) is 9.53 Å². The summed E-state index contributed by atoms with van der Waals surface area (Å²) in [6.45, 7) is 11.7. The molecule has 0 bridgehead atoms. The van der Waals surface area contributed by atoms with Gasteiger partial charge in [0.2, 0.25) is 5.91 Å². The van der Waals surface area contributed by atoms with Gasteiger partial charge in [-0.05, 0) is 64.3 Å². The zero-order valence-electron chi connectivity index (χ0n) is 16.6. The molecule has 0 aromatic heterocycles. The highest BCUT2D eigenvalue weighted by Crippen LogP contribution is 2.34. The summed E-state index contributed by atoms with van der Waals surface area (Å²) in [6, 6.07) is -0.280. The Balaban J connectivity index is 2.02. The van der Waals surface area contributed by atoms with Crippen molar-refractivity contribution < 1.29 is 14.3 Å².